The Kier molecular flexibility index (Phi) is 5.36. The number of nitro benzene ring substituents is 1. The molecule has 2 aliphatic rings. The van der Waals surface area contributed by atoms with Crippen molar-refractivity contribution in [1.29, 1.82) is 0 Å². The van der Waals surface area contributed by atoms with Gasteiger partial charge in [0.1, 0.15) is 0 Å². The van der Waals surface area contributed by atoms with Crippen LogP contribution in [0.15, 0.2) is 24.5 Å². The summed E-state index contributed by atoms with van der Waals surface area (Å²) in [6, 6.07) is 3.38. The summed E-state index contributed by atoms with van der Waals surface area (Å²) >= 11 is 0. The number of aryl methyl sites for hydroxylation is 1. The predicted octanol–water partition coefficient (Wildman–Crippen LogP) is 2.84. The number of amides is 1. The molecule has 3 heterocycles. The maximum absolute atomic E-state index is 11.6. The number of anilines is 1. The van der Waals surface area contributed by atoms with Crippen LogP contribution in [-0.2, 0) is 11.8 Å². The van der Waals surface area contributed by atoms with E-state index in [0.717, 1.165) is 75.1 Å². The number of nitrogens with zero attached hydrogens (tertiary/aromatic N) is 5. The van der Waals surface area contributed by atoms with Gasteiger partial charge in [0.25, 0.3) is 0 Å². The lowest BCUT2D eigenvalue weighted by molar-refractivity contribution is -0.385. The Bertz CT molecular complexity index is 939. The van der Waals surface area contributed by atoms with Crippen molar-refractivity contribution in [3.05, 3.63) is 34.6 Å². The van der Waals surface area contributed by atoms with Gasteiger partial charge < -0.3 is 14.5 Å². The quantitative estimate of drug-likeness (QED) is 0.425. The predicted molar refractivity (Wildman–Crippen MR) is 113 cm³/mol. The van der Waals surface area contributed by atoms with E-state index in [1.165, 1.54) is 7.11 Å². The average molecular weight is 413 g/mol. The summed E-state index contributed by atoms with van der Waals surface area (Å²) in [5.41, 5.74) is 2.82. The van der Waals surface area contributed by atoms with E-state index in [9.17, 15) is 14.9 Å². The van der Waals surface area contributed by atoms with Crippen molar-refractivity contribution in [2.24, 2.45) is 12.5 Å². The number of methoxy groups -OCH3 is 1. The van der Waals surface area contributed by atoms with Gasteiger partial charge in [0, 0.05) is 68.4 Å². The fourth-order valence-electron chi connectivity index (χ4n) is 4.74. The molecule has 4 rings (SSSR count). The van der Waals surface area contributed by atoms with Gasteiger partial charge in [0.15, 0.2) is 5.75 Å². The zero-order chi connectivity index (χ0) is 21.3. The molecule has 0 unspecified atom stereocenters. The van der Waals surface area contributed by atoms with Gasteiger partial charge in [-0.25, -0.2) is 0 Å². The fourth-order valence-corrected chi connectivity index (χ4v) is 4.74. The van der Waals surface area contributed by atoms with Crippen LogP contribution in [0.2, 0.25) is 0 Å². The number of nitro groups is 1. The molecule has 0 bridgehead atoms. The number of ether oxygens (including phenoxy) is 1. The lowest BCUT2D eigenvalue weighted by atomic mass is 9.71. The number of carbonyl (C=O) groups excluding carboxylic acids is 1. The maximum Gasteiger partial charge on any atom is 0.311 e. The van der Waals surface area contributed by atoms with E-state index in [2.05, 4.69) is 10.00 Å². The minimum atomic E-state index is -0.408. The summed E-state index contributed by atoms with van der Waals surface area (Å²) in [5, 5.41) is 15.8. The van der Waals surface area contributed by atoms with Crippen LogP contribution < -0.4 is 9.64 Å². The summed E-state index contributed by atoms with van der Waals surface area (Å²) < 4.78 is 7.04. The Morgan fingerprint density at radius 3 is 2.37 bits per heavy atom. The molecule has 0 aliphatic carbocycles. The Morgan fingerprint density at radius 2 is 1.83 bits per heavy atom. The monoisotopic (exact) mass is 413 g/mol. The molecular formula is C21H27N5O4. The molecule has 0 saturated carbocycles. The lowest BCUT2D eigenvalue weighted by Gasteiger charge is -2.47. The summed E-state index contributed by atoms with van der Waals surface area (Å²) in [6.07, 6.45) is 8.73. The molecule has 0 atom stereocenters. The Labute approximate surface area is 175 Å². The van der Waals surface area contributed by atoms with E-state index < -0.39 is 4.92 Å². The third-order valence-electron chi connectivity index (χ3n) is 6.68. The van der Waals surface area contributed by atoms with Crippen molar-refractivity contribution in [3.8, 4) is 16.9 Å². The first kappa shape index (κ1) is 20.2. The normalized spacial score (nSPS) is 18.5. The van der Waals surface area contributed by atoms with Crippen LogP contribution in [0.3, 0.4) is 0 Å². The zero-order valence-corrected chi connectivity index (χ0v) is 17.4. The highest BCUT2D eigenvalue weighted by molar-refractivity contribution is 5.82. The van der Waals surface area contributed by atoms with Crippen LogP contribution in [-0.4, -0.2) is 59.3 Å². The smallest absolute Gasteiger partial charge is 0.311 e. The van der Waals surface area contributed by atoms with Crippen molar-refractivity contribution >= 4 is 17.8 Å². The number of rotatable bonds is 5. The van der Waals surface area contributed by atoms with E-state index in [0.29, 0.717) is 0 Å². The van der Waals surface area contributed by atoms with Crippen LogP contribution in [0, 0.1) is 15.5 Å². The van der Waals surface area contributed by atoms with Crippen molar-refractivity contribution in [2.75, 3.05) is 38.2 Å². The van der Waals surface area contributed by atoms with E-state index in [1.807, 2.05) is 18.1 Å². The highest BCUT2D eigenvalue weighted by Gasteiger charge is 2.38. The van der Waals surface area contributed by atoms with Gasteiger partial charge in [-0.15, -0.1) is 0 Å². The third-order valence-corrected chi connectivity index (χ3v) is 6.68. The van der Waals surface area contributed by atoms with Gasteiger partial charge in [-0.1, -0.05) is 0 Å². The number of aromatic nitrogens is 2. The molecule has 30 heavy (non-hydrogen) atoms. The Morgan fingerprint density at radius 1 is 1.17 bits per heavy atom. The van der Waals surface area contributed by atoms with Crippen molar-refractivity contribution in [2.45, 2.75) is 25.7 Å². The molecule has 9 heteroatoms. The largest absolute Gasteiger partial charge is 0.490 e. The van der Waals surface area contributed by atoms with E-state index >= 15 is 0 Å². The molecule has 9 nitrogen and oxygen atoms in total. The average Bonchev–Trinajstić information content (AvgIpc) is 3.20. The Balaban J connectivity index is 1.63. The van der Waals surface area contributed by atoms with Gasteiger partial charge in [0.05, 0.1) is 18.2 Å². The Hall–Kier alpha value is -3.10. The summed E-state index contributed by atoms with van der Waals surface area (Å²) in [4.78, 5) is 26.4. The van der Waals surface area contributed by atoms with Crippen LogP contribution in [0.25, 0.3) is 11.1 Å². The summed E-state index contributed by atoms with van der Waals surface area (Å²) in [7, 11) is 3.29. The number of likely N-dealkylation sites (tertiary alicyclic amines) is 1. The van der Waals surface area contributed by atoms with Gasteiger partial charge in [-0.05, 0) is 31.1 Å². The van der Waals surface area contributed by atoms with Crippen LogP contribution >= 0.6 is 0 Å². The van der Waals surface area contributed by atoms with Crippen LogP contribution in [0.4, 0.5) is 11.4 Å². The summed E-state index contributed by atoms with van der Waals surface area (Å²) in [6.45, 7) is 3.40. The van der Waals surface area contributed by atoms with E-state index in [1.54, 1.807) is 23.0 Å². The van der Waals surface area contributed by atoms with Crippen molar-refractivity contribution < 1.29 is 14.5 Å². The van der Waals surface area contributed by atoms with Gasteiger partial charge in [-0.2, -0.15) is 5.10 Å². The zero-order valence-electron chi connectivity index (χ0n) is 17.4. The van der Waals surface area contributed by atoms with Crippen molar-refractivity contribution in [3.63, 3.8) is 0 Å². The molecule has 160 valence electrons. The molecule has 1 amide bonds. The highest BCUT2D eigenvalue weighted by Crippen LogP contribution is 2.45. The minimum absolute atomic E-state index is 0.0465. The van der Waals surface area contributed by atoms with E-state index in [-0.39, 0.29) is 16.9 Å². The number of hydrogen-bond acceptors (Lipinski definition) is 6. The molecule has 0 radical (unpaired) electrons. The second-order valence-electron chi connectivity index (χ2n) is 8.33. The number of carbonyl (C=O) groups is 1. The molecular weight excluding hydrogens is 386 g/mol. The lowest BCUT2D eigenvalue weighted by Crippen LogP contribution is -2.46. The van der Waals surface area contributed by atoms with Crippen molar-refractivity contribution in [1.82, 2.24) is 14.7 Å². The molecule has 1 aromatic heterocycles. The molecule has 2 aliphatic heterocycles. The second kappa shape index (κ2) is 7.97. The van der Waals surface area contributed by atoms with Crippen LogP contribution in [0.5, 0.6) is 5.75 Å². The highest BCUT2D eigenvalue weighted by atomic mass is 16.6. The molecule has 2 fully saturated rings. The molecule has 1 spiro atoms. The SMILES string of the molecule is COc1cc(N2CCC3(CCN(C=O)CC3)CC2)c(-c2cnn(C)c2)cc1[N+](=O)[O-]. The number of benzene rings is 1. The first-order chi connectivity index (χ1) is 14.4. The molecule has 1 aromatic carbocycles. The second-order valence-corrected chi connectivity index (χ2v) is 8.33. The molecule has 0 N–H and O–H groups in total. The van der Waals surface area contributed by atoms with Gasteiger partial charge in [0.2, 0.25) is 6.41 Å². The van der Waals surface area contributed by atoms with Crippen LogP contribution in [0.1, 0.15) is 25.7 Å². The van der Waals surface area contributed by atoms with E-state index in [4.69, 9.17) is 4.74 Å². The summed E-state index contributed by atoms with van der Waals surface area (Å²) in [5.74, 6) is 0.266. The topological polar surface area (TPSA) is 93.7 Å². The minimum Gasteiger partial charge on any atom is -0.490 e. The standard InChI is InChI=1S/C21H27N5O4/c1-23-14-16(13-22-23)17-11-19(26(28)29)20(30-2)12-18(17)25-9-5-21(6-10-25)3-7-24(15-27)8-4-21/h11-15H,3-10H2,1-2H3. The maximum atomic E-state index is 11.6. The first-order valence-electron chi connectivity index (χ1n) is 10.2. The number of hydrogen-bond donors (Lipinski definition) is 0. The fraction of sp³-hybridized carbons (Fsp3) is 0.524. The van der Waals surface area contributed by atoms with Gasteiger partial charge in [-0.3, -0.25) is 19.6 Å². The molecule has 2 aromatic rings. The molecule has 2 saturated heterocycles. The third kappa shape index (κ3) is 3.71. The first-order valence-corrected chi connectivity index (χ1v) is 10.2. The van der Waals surface area contributed by atoms with Gasteiger partial charge >= 0.3 is 5.69 Å². The number of piperidine rings is 2.